The van der Waals surface area contributed by atoms with Gasteiger partial charge in [0.1, 0.15) is 15.1 Å². The molecule has 1 fully saturated rings. The second kappa shape index (κ2) is 9.90. The van der Waals surface area contributed by atoms with Gasteiger partial charge in [0.2, 0.25) is 5.91 Å². The Labute approximate surface area is 204 Å². The zero-order valence-electron chi connectivity index (χ0n) is 17.5. The number of thiazole rings is 1. The lowest BCUT2D eigenvalue weighted by molar-refractivity contribution is -0.119. The molecule has 0 radical (unpaired) electrons. The molecule has 3 aromatic rings. The van der Waals surface area contributed by atoms with E-state index < -0.39 is 27.9 Å². The third-order valence-corrected chi connectivity index (χ3v) is 9.54. The number of carbonyl (C=O) groups is 2. The molecule has 0 bridgehead atoms. The van der Waals surface area contributed by atoms with Gasteiger partial charge in [-0.05, 0) is 31.9 Å². The molecule has 0 unspecified atom stereocenters. The average Bonchev–Trinajstić information content (AvgIpc) is 3.54. The lowest BCUT2D eigenvalue weighted by Gasteiger charge is -2.22. The minimum atomic E-state index is -3.86. The van der Waals surface area contributed by atoms with Gasteiger partial charge in [0.05, 0.1) is 16.6 Å². The number of amides is 1. The van der Waals surface area contributed by atoms with Crippen molar-refractivity contribution >= 4 is 61.3 Å². The molecule has 1 aromatic carbocycles. The average molecular weight is 526 g/mol. The van der Waals surface area contributed by atoms with E-state index in [2.05, 4.69) is 10.3 Å². The lowest BCUT2D eigenvalue weighted by Crippen LogP contribution is -2.42. The van der Waals surface area contributed by atoms with Crippen molar-refractivity contribution in [3.05, 3.63) is 51.7 Å². The van der Waals surface area contributed by atoms with Crippen LogP contribution in [0.3, 0.4) is 0 Å². The first-order chi connectivity index (χ1) is 15.8. The van der Waals surface area contributed by atoms with E-state index in [0.717, 1.165) is 22.7 Å². The maximum atomic E-state index is 13.1. The van der Waals surface area contributed by atoms with Crippen molar-refractivity contribution in [2.75, 3.05) is 18.5 Å². The maximum Gasteiger partial charge on any atom is 0.350 e. The van der Waals surface area contributed by atoms with Gasteiger partial charge in [-0.15, -0.1) is 11.3 Å². The number of nitrogens with zero attached hydrogens (tertiary/aromatic N) is 2. The zero-order chi connectivity index (χ0) is 23.6. The molecule has 1 aliphatic heterocycles. The molecule has 4 rings (SSSR count). The fourth-order valence-electron chi connectivity index (χ4n) is 3.53. The molecule has 174 valence electrons. The van der Waals surface area contributed by atoms with Gasteiger partial charge >= 0.3 is 5.97 Å². The summed E-state index contributed by atoms with van der Waals surface area (Å²) in [6, 6.07) is 11.2. The van der Waals surface area contributed by atoms with E-state index in [0.29, 0.717) is 28.4 Å². The predicted molar refractivity (Wildman–Crippen MR) is 128 cm³/mol. The number of aromatic nitrogens is 1. The SMILES string of the molecule is CCOC(=O)c1sc(NC(=O)[C@@H]2CCCN2S(=O)(=O)c2ccc(Cl)s2)nc1-c1ccccc1. The minimum Gasteiger partial charge on any atom is -0.462 e. The number of hydrogen-bond donors (Lipinski definition) is 1. The van der Waals surface area contributed by atoms with Gasteiger partial charge in [0.25, 0.3) is 10.0 Å². The summed E-state index contributed by atoms with van der Waals surface area (Å²) in [7, 11) is -3.86. The first kappa shape index (κ1) is 23.8. The summed E-state index contributed by atoms with van der Waals surface area (Å²) in [5, 5.41) is 2.90. The summed E-state index contributed by atoms with van der Waals surface area (Å²) in [5.74, 6) is -1.03. The smallest absolute Gasteiger partial charge is 0.350 e. The second-order valence-electron chi connectivity index (χ2n) is 7.10. The summed E-state index contributed by atoms with van der Waals surface area (Å²) in [6.45, 7) is 2.14. The highest BCUT2D eigenvalue weighted by molar-refractivity contribution is 7.91. The summed E-state index contributed by atoms with van der Waals surface area (Å²) in [6.07, 6.45) is 0.934. The van der Waals surface area contributed by atoms with Crippen LogP contribution in [0.15, 0.2) is 46.7 Å². The molecular formula is C21H20ClN3O5S3. The molecule has 8 nitrogen and oxygen atoms in total. The van der Waals surface area contributed by atoms with Crippen molar-refractivity contribution in [1.82, 2.24) is 9.29 Å². The normalized spacial score (nSPS) is 16.6. The molecule has 12 heteroatoms. The number of hydrogen-bond acceptors (Lipinski definition) is 8. The van der Waals surface area contributed by atoms with Crippen molar-refractivity contribution < 1.29 is 22.7 Å². The number of thiophene rings is 1. The molecule has 1 amide bonds. The van der Waals surface area contributed by atoms with E-state index in [9.17, 15) is 18.0 Å². The van der Waals surface area contributed by atoms with Crippen LogP contribution >= 0.6 is 34.3 Å². The van der Waals surface area contributed by atoms with Crippen LogP contribution in [0.2, 0.25) is 4.34 Å². The van der Waals surface area contributed by atoms with Gasteiger partial charge in [-0.1, -0.05) is 53.3 Å². The van der Waals surface area contributed by atoms with E-state index in [1.165, 1.54) is 16.4 Å². The van der Waals surface area contributed by atoms with E-state index in [1.54, 1.807) is 19.1 Å². The summed E-state index contributed by atoms with van der Waals surface area (Å²) in [5.41, 5.74) is 1.11. The van der Waals surface area contributed by atoms with Gasteiger partial charge in [0.15, 0.2) is 5.13 Å². The highest BCUT2D eigenvalue weighted by Gasteiger charge is 2.40. The number of rotatable bonds is 7. The minimum absolute atomic E-state index is 0.0948. The summed E-state index contributed by atoms with van der Waals surface area (Å²) in [4.78, 5) is 30.3. The number of halogens is 1. The Morgan fingerprint density at radius 3 is 2.64 bits per heavy atom. The van der Waals surface area contributed by atoms with Crippen molar-refractivity contribution in [3.63, 3.8) is 0 Å². The maximum absolute atomic E-state index is 13.1. The van der Waals surface area contributed by atoms with Crippen LogP contribution in [0.25, 0.3) is 11.3 Å². The number of carbonyl (C=O) groups excluding carboxylic acids is 2. The predicted octanol–water partition coefficient (Wildman–Crippen LogP) is 4.49. The molecule has 2 aromatic heterocycles. The van der Waals surface area contributed by atoms with E-state index >= 15 is 0 Å². The molecule has 1 saturated heterocycles. The second-order valence-corrected chi connectivity index (χ2v) is 11.9. The summed E-state index contributed by atoms with van der Waals surface area (Å²) >= 11 is 7.86. The van der Waals surface area contributed by atoms with Gasteiger partial charge < -0.3 is 10.1 Å². The number of nitrogens with one attached hydrogen (secondary N) is 1. The van der Waals surface area contributed by atoms with Gasteiger partial charge in [-0.25, -0.2) is 18.2 Å². The third-order valence-electron chi connectivity index (χ3n) is 4.98. The van der Waals surface area contributed by atoms with Gasteiger partial charge in [-0.3, -0.25) is 4.79 Å². The molecule has 33 heavy (non-hydrogen) atoms. The lowest BCUT2D eigenvalue weighted by atomic mass is 10.1. The van der Waals surface area contributed by atoms with Gasteiger partial charge in [0, 0.05) is 12.1 Å². The standard InChI is InChI=1S/C21H20ClN3O5S3/c1-2-30-20(27)18-17(13-7-4-3-5-8-13)23-21(32-18)24-19(26)14-9-6-12-25(14)33(28,29)16-11-10-15(22)31-16/h3-5,7-8,10-11,14H,2,6,9,12H2,1H3,(H,23,24,26)/t14-/m0/s1. The Balaban J connectivity index is 1.59. The van der Waals surface area contributed by atoms with Crippen molar-refractivity contribution in [2.45, 2.75) is 30.0 Å². The number of ether oxygens (including phenoxy) is 1. The first-order valence-corrected chi connectivity index (χ1v) is 13.6. The van der Waals surface area contributed by atoms with E-state index in [-0.39, 0.29) is 27.4 Å². The summed E-state index contributed by atoms with van der Waals surface area (Å²) < 4.78 is 32.9. The van der Waals surface area contributed by atoms with E-state index in [4.69, 9.17) is 16.3 Å². The Morgan fingerprint density at radius 1 is 1.21 bits per heavy atom. The van der Waals surface area contributed by atoms with Crippen molar-refractivity contribution in [2.24, 2.45) is 0 Å². The Morgan fingerprint density at radius 2 is 1.97 bits per heavy atom. The zero-order valence-corrected chi connectivity index (χ0v) is 20.7. The van der Waals surface area contributed by atoms with Gasteiger partial charge in [-0.2, -0.15) is 4.31 Å². The van der Waals surface area contributed by atoms with Crippen molar-refractivity contribution in [1.29, 1.82) is 0 Å². The molecule has 0 spiro atoms. The first-order valence-electron chi connectivity index (χ1n) is 10.1. The van der Waals surface area contributed by atoms with Crippen LogP contribution in [-0.4, -0.2) is 48.8 Å². The number of benzene rings is 1. The number of esters is 1. The highest BCUT2D eigenvalue weighted by Crippen LogP contribution is 2.34. The van der Waals surface area contributed by atoms with Crippen LogP contribution in [0.5, 0.6) is 0 Å². The molecular weight excluding hydrogens is 506 g/mol. The van der Waals surface area contributed by atoms with Crippen LogP contribution in [-0.2, 0) is 19.6 Å². The molecule has 1 aliphatic rings. The quantitative estimate of drug-likeness (QED) is 0.455. The Bertz CT molecular complexity index is 1270. The number of anilines is 1. The molecule has 1 atom stereocenters. The van der Waals surface area contributed by atoms with Crippen LogP contribution < -0.4 is 5.32 Å². The monoisotopic (exact) mass is 525 g/mol. The third kappa shape index (κ3) is 4.97. The largest absolute Gasteiger partial charge is 0.462 e. The fourth-order valence-corrected chi connectivity index (χ4v) is 7.68. The molecule has 0 saturated carbocycles. The number of sulfonamides is 1. The molecule has 0 aliphatic carbocycles. The fraction of sp³-hybridized carbons (Fsp3) is 0.286. The van der Waals surface area contributed by atoms with Crippen LogP contribution in [0, 0.1) is 0 Å². The van der Waals surface area contributed by atoms with Crippen LogP contribution in [0.4, 0.5) is 5.13 Å². The topological polar surface area (TPSA) is 106 Å². The van der Waals surface area contributed by atoms with Crippen molar-refractivity contribution in [3.8, 4) is 11.3 Å². The Kier molecular flexibility index (Phi) is 7.15. The molecule has 3 heterocycles. The molecule has 1 N–H and O–H groups in total. The van der Waals surface area contributed by atoms with Crippen LogP contribution in [0.1, 0.15) is 29.4 Å². The Hall–Kier alpha value is -2.31. The van der Waals surface area contributed by atoms with E-state index in [1.807, 2.05) is 18.2 Å². The highest BCUT2D eigenvalue weighted by atomic mass is 35.5.